The van der Waals surface area contributed by atoms with Gasteiger partial charge in [-0.1, -0.05) is 32.6 Å². The Bertz CT molecular complexity index is 413. The van der Waals surface area contributed by atoms with Crippen molar-refractivity contribution < 1.29 is 58.2 Å². The first-order valence-electron chi connectivity index (χ1n) is 5.90. The van der Waals surface area contributed by atoms with Crippen molar-refractivity contribution in [3.63, 3.8) is 0 Å². The van der Waals surface area contributed by atoms with Crippen molar-refractivity contribution in [2.24, 2.45) is 0 Å². The molecule has 0 aliphatic carbocycles. The summed E-state index contributed by atoms with van der Waals surface area (Å²) < 4.78 is 108. The van der Waals surface area contributed by atoms with Crippen LogP contribution in [0.3, 0.4) is 0 Å². The van der Waals surface area contributed by atoms with E-state index in [2.05, 4.69) is 0 Å². The standard InChI is InChI=1S/C10H16F6O3S.Li/c1-2-3-4-5-6-7-8(11,12)9(13,14)10(15,16)20(17,18)19;/h2-7H2,1H3,(H,17,18,19);/q;+1/p-1. The second kappa shape index (κ2) is 8.08. The quantitative estimate of drug-likeness (QED) is 0.270. The molecule has 0 aliphatic rings. The normalized spacial score (nSPS) is 13.9. The Kier molecular flexibility index (Phi) is 8.99. The van der Waals surface area contributed by atoms with Crippen LogP contribution in [0.15, 0.2) is 0 Å². The molecule has 0 aromatic rings. The van der Waals surface area contributed by atoms with Gasteiger partial charge in [-0.3, -0.25) is 0 Å². The number of hydrogen-bond donors (Lipinski definition) is 0. The average molecular weight is 336 g/mol. The fraction of sp³-hybridized carbons (Fsp3) is 1.00. The van der Waals surface area contributed by atoms with Crippen LogP contribution in [0.5, 0.6) is 0 Å². The molecule has 0 aromatic carbocycles. The molecule has 0 amide bonds. The third-order valence-electron chi connectivity index (χ3n) is 2.73. The third kappa shape index (κ3) is 5.34. The van der Waals surface area contributed by atoms with Crippen LogP contribution in [0.2, 0.25) is 0 Å². The van der Waals surface area contributed by atoms with E-state index in [9.17, 15) is 39.3 Å². The van der Waals surface area contributed by atoms with Gasteiger partial charge >= 0.3 is 36.0 Å². The summed E-state index contributed by atoms with van der Waals surface area (Å²) >= 11 is 0. The van der Waals surface area contributed by atoms with E-state index in [1.54, 1.807) is 0 Å². The molecule has 0 saturated carbocycles. The molecule has 0 atom stereocenters. The molecule has 0 fully saturated rings. The van der Waals surface area contributed by atoms with Gasteiger partial charge in [0.05, 0.1) is 0 Å². The molecule has 0 bridgehead atoms. The number of halogens is 6. The first-order valence-corrected chi connectivity index (χ1v) is 7.31. The van der Waals surface area contributed by atoms with E-state index in [-0.39, 0.29) is 25.3 Å². The van der Waals surface area contributed by atoms with Gasteiger partial charge < -0.3 is 4.55 Å². The maximum Gasteiger partial charge on any atom is 1.00 e. The summed E-state index contributed by atoms with van der Waals surface area (Å²) in [5, 5.41) is -6.35. The molecule has 0 rings (SSSR count). The molecule has 0 radical (unpaired) electrons. The molecule has 0 aromatic heterocycles. The Morgan fingerprint density at radius 3 is 1.71 bits per heavy atom. The van der Waals surface area contributed by atoms with Gasteiger partial charge in [0.15, 0.2) is 10.1 Å². The van der Waals surface area contributed by atoms with E-state index in [1.807, 2.05) is 6.92 Å². The topological polar surface area (TPSA) is 57.2 Å². The zero-order valence-electron chi connectivity index (χ0n) is 11.6. The predicted octanol–water partition coefficient (Wildman–Crippen LogP) is 0.760. The molecule has 11 heteroatoms. The summed E-state index contributed by atoms with van der Waals surface area (Å²) in [6.07, 6.45) is -0.0673. The van der Waals surface area contributed by atoms with Gasteiger partial charge in [-0.2, -0.15) is 26.3 Å². The van der Waals surface area contributed by atoms with E-state index in [0.29, 0.717) is 12.8 Å². The zero-order valence-corrected chi connectivity index (χ0v) is 12.5. The number of alkyl halides is 6. The van der Waals surface area contributed by atoms with Gasteiger partial charge in [0.1, 0.15) is 0 Å². The van der Waals surface area contributed by atoms with Crippen molar-refractivity contribution in [2.75, 3.05) is 0 Å². The average Bonchev–Trinajstić information content (AvgIpc) is 2.26. The summed E-state index contributed by atoms with van der Waals surface area (Å²) in [5.74, 6) is -11.5. The summed E-state index contributed by atoms with van der Waals surface area (Å²) in [6.45, 7) is 1.82. The molecular formula is C10H15F6LiO3S. The van der Waals surface area contributed by atoms with Crippen LogP contribution in [-0.2, 0) is 10.1 Å². The van der Waals surface area contributed by atoms with Gasteiger partial charge in [-0.15, -0.1) is 0 Å². The Morgan fingerprint density at radius 1 is 0.905 bits per heavy atom. The van der Waals surface area contributed by atoms with E-state index < -0.39 is 40.1 Å². The fourth-order valence-corrected chi connectivity index (χ4v) is 1.94. The van der Waals surface area contributed by atoms with Crippen molar-refractivity contribution in [3.8, 4) is 0 Å². The minimum absolute atomic E-state index is 0. The smallest absolute Gasteiger partial charge is 0.743 e. The van der Waals surface area contributed by atoms with Gasteiger partial charge in [-0.05, 0) is 6.42 Å². The monoisotopic (exact) mass is 336 g/mol. The van der Waals surface area contributed by atoms with Crippen molar-refractivity contribution in [2.45, 2.75) is 62.5 Å². The Morgan fingerprint density at radius 2 is 1.33 bits per heavy atom. The fourth-order valence-electron chi connectivity index (χ4n) is 1.48. The van der Waals surface area contributed by atoms with Gasteiger partial charge in [0.2, 0.25) is 0 Å². The molecule has 0 spiro atoms. The second-order valence-electron chi connectivity index (χ2n) is 4.41. The van der Waals surface area contributed by atoms with Crippen molar-refractivity contribution in [1.82, 2.24) is 0 Å². The van der Waals surface area contributed by atoms with E-state index in [0.717, 1.165) is 6.42 Å². The Labute approximate surface area is 131 Å². The van der Waals surface area contributed by atoms with Crippen LogP contribution < -0.4 is 18.9 Å². The van der Waals surface area contributed by atoms with E-state index in [1.165, 1.54) is 0 Å². The minimum Gasteiger partial charge on any atom is -0.743 e. The number of hydrogen-bond acceptors (Lipinski definition) is 3. The molecule has 21 heavy (non-hydrogen) atoms. The predicted molar refractivity (Wildman–Crippen MR) is 57.9 cm³/mol. The maximum absolute atomic E-state index is 13.1. The summed E-state index contributed by atoms with van der Waals surface area (Å²) in [4.78, 5) is 0. The first kappa shape index (κ1) is 23.4. The van der Waals surface area contributed by atoms with E-state index in [4.69, 9.17) is 0 Å². The molecule has 0 saturated heterocycles. The van der Waals surface area contributed by atoms with Crippen LogP contribution >= 0.6 is 0 Å². The summed E-state index contributed by atoms with van der Waals surface area (Å²) in [7, 11) is -6.90. The van der Waals surface area contributed by atoms with E-state index >= 15 is 0 Å². The van der Waals surface area contributed by atoms with Crippen LogP contribution in [0.25, 0.3) is 0 Å². The van der Waals surface area contributed by atoms with Crippen molar-refractivity contribution in [1.29, 1.82) is 0 Å². The largest absolute Gasteiger partial charge is 1.00 e. The third-order valence-corrected chi connectivity index (χ3v) is 3.62. The van der Waals surface area contributed by atoms with Crippen LogP contribution in [0.4, 0.5) is 26.3 Å². The summed E-state index contributed by atoms with van der Waals surface area (Å²) in [6, 6.07) is 0. The van der Waals surface area contributed by atoms with Gasteiger partial charge in [-0.25, -0.2) is 8.42 Å². The Hall–Kier alpha value is 0.0874. The van der Waals surface area contributed by atoms with Crippen LogP contribution in [-0.4, -0.2) is 30.1 Å². The molecular weight excluding hydrogens is 321 g/mol. The van der Waals surface area contributed by atoms with Crippen molar-refractivity contribution >= 4 is 10.1 Å². The number of unbranched alkanes of at least 4 members (excludes halogenated alkanes) is 4. The minimum atomic E-state index is -6.90. The second-order valence-corrected chi connectivity index (χ2v) is 5.83. The molecule has 0 aliphatic heterocycles. The number of rotatable bonds is 9. The van der Waals surface area contributed by atoms with Gasteiger partial charge in [0.25, 0.3) is 0 Å². The molecule has 3 nitrogen and oxygen atoms in total. The SMILES string of the molecule is CCCCCCCC(F)(F)C(F)(F)C(F)(F)S(=O)(=O)[O-].[Li+]. The first-order chi connectivity index (χ1) is 8.81. The molecule has 0 unspecified atom stereocenters. The van der Waals surface area contributed by atoms with Gasteiger partial charge in [0, 0.05) is 6.42 Å². The van der Waals surface area contributed by atoms with Crippen LogP contribution in [0, 0.1) is 0 Å². The zero-order chi connectivity index (χ0) is 16.2. The summed E-state index contributed by atoms with van der Waals surface area (Å²) in [5.41, 5.74) is 0. The molecule has 0 N–H and O–H groups in total. The van der Waals surface area contributed by atoms with Crippen molar-refractivity contribution in [3.05, 3.63) is 0 Å². The Balaban J connectivity index is 0. The molecule has 0 heterocycles. The maximum atomic E-state index is 13.1. The molecule has 122 valence electrons. The van der Waals surface area contributed by atoms with Crippen LogP contribution in [0.1, 0.15) is 45.4 Å².